The number of carboxylic acids is 1. The Labute approximate surface area is 639 Å². The predicted molar refractivity (Wildman–Crippen MR) is 430 cm³/mol. The molecule has 0 unspecified atom stereocenters. The highest BCUT2D eigenvalue weighted by Crippen LogP contribution is 2.33. The number of nitro benzene ring substituents is 2. The number of halogens is 2. The summed E-state index contributed by atoms with van der Waals surface area (Å²) in [4.78, 5) is 60.1. The Hall–Kier alpha value is -8.45. The van der Waals surface area contributed by atoms with Crippen molar-refractivity contribution in [1.82, 2.24) is 29.2 Å². The number of carboxylic acid groups (broad SMARTS) is 1. The number of nitrogens with zero attached hydrogens (tertiary/aromatic N) is 8. The van der Waals surface area contributed by atoms with E-state index in [9.17, 15) is 34.2 Å². The molecule has 0 aliphatic carbocycles. The molecular weight excluding hydrogens is 1470 g/mol. The van der Waals surface area contributed by atoms with Gasteiger partial charge in [0, 0.05) is 62.9 Å². The highest BCUT2D eigenvalue weighted by Gasteiger charge is 2.19. The zero-order chi connectivity index (χ0) is 78.3. The van der Waals surface area contributed by atoms with Crippen LogP contribution in [0.4, 0.5) is 27.1 Å². The number of fused-ring (bicyclic) bond motifs is 1. The van der Waals surface area contributed by atoms with Gasteiger partial charge in [0.25, 0.3) is 16.9 Å². The number of unbranched alkanes of at least 4 members (excludes halogenated alkanes) is 1. The second-order valence-electron chi connectivity index (χ2n) is 24.9. The molecule has 4 aliphatic heterocycles. The Kier molecular flexibility index (Phi) is 45.5. The summed E-state index contributed by atoms with van der Waals surface area (Å²) in [6.45, 7) is 25.7. The van der Waals surface area contributed by atoms with Crippen molar-refractivity contribution < 1.29 is 62.8 Å². The third-order valence-corrected chi connectivity index (χ3v) is 17.4. The number of aromatic nitrogens is 2. The fourth-order valence-electron chi connectivity index (χ4n) is 12.0. The summed E-state index contributed by atoms with van der Waals surface area (Å²) in [6.07, 6.45) is 17.0. The van der Waals surface area contributed by atoms with Crippen molar-refractivity contribution in [3.8, 4) is 40.2 Å². The first-order valence-corrected chi connectivity index (χ1v) is 38.5. The first-order valence-electron chi connectivity index (χ1n) is 36.3. The minimum atomic E-state index is -0.980. The molecule has 0 radical (unpaired) electrons. The van der Waals surface area contributed by atoms with Crippen LogP contribution in [0.25, 0.3) is 16.6 Å². The fourth-order valence-corrected chi connectivity index (χ4v) is 12.0. The molecule has 586 valence electrons. The van der Waals surface area contributed by atoms with Gasteiger partial charge >= 0.3 is 5.97 Å². The Balaban J connectivity index is 0.000000340. The van der Waals surface area contributed by atoms with Gasteiger partial charge in [-0.2, -0.15) is 0 Å². The minimum absolute atomic E-state index is 0.00580. The number of non-ortho nitro benzene ring substituents is 2. The third-order valence-electron chi connectivity index (χ3n) is 17.4. The van der Waals surface area contributed by atoms with Crippen molar-refractivity contribution in [1.29, 1.82) is 0 Å². The van der Waals surface area contributed by atoms with Crippen LogP contribution >= 0.6 is 22.6 Å². The summed E-state index contributed by atoms with van der Waals surface area (Å²) in [5.41, 5.74) is 16.7. The normalized spacial score (nSPS) is 13.7. The van der Waals surface area contributed by atoms with E-state index < -0.39 is 21.6 Å². The van der Waals surface area contributed by atoms with Crippen LogP contribution in [-0.4, -0.2) is 199 Å². The van der Waals surface area contributed by atoms with Crippen LogP contribution in [0.3, 0.4) is 0 Å². The third kappa shape index (κ3) is 32.3. The monoisotopic (exact) mass is 1590 g/mol. The van der Waals surface area contributed by atoms with Gasteiger partial charge < -0.3 is 74.8 Å². The van der Waals surface area contributed by atoms with Gasteiger partial charge in [0.15, 0.2) is 34.6 Å². The molecule has 0 atom stereocenters. The number of anilines is 2. The van der Waals surface area contributed by atoms with E-state index in [0.717, 1.165) is 112 Å². The van der Waals surface area contributed by atoms with Crippen LogP contribution in [0.1, 0.15) is 130 Å². The Morgan fingerprint density at radius 2 is 0.991 bits per heavy atom. The van der Waals surface area contributed by atoms with Crippen LogP contribution in [0, 0.1) is 46.8 Å². The molecular formula is C79H116FIN10O15. The van der Waals surface area contributed by atoms with Crippen molar-refractivity contribution in [2.45, 2.75) is 125 Å². The van der Waals surface area contributed by atoms with Crippen LogP contribution in [-0.2, 0) is 6.42 Å². The number of hydrogen-bond acceptors (Lipinski definition) is 21. The van der Waals surface area contributed by atoms with Crippen LogP contribution in [0.2, 0.25) is 0 Å². The number of nitrogen functional groups attached to an aromatic ring is 2. The van der Waals surface area contributed by atoms with Gasteiger partial charge in [0.2, 0.25) is 0 Å². The number of aryl methyl sites for hydroxylation is 4. The lowest BCUT2D eigenvalue weighted by Gasteiger charge is -2.16. The predicted octanol–water partition coefficient (Wildman–Crippen LogP) is 14.2. The molecule has 27 heteroatoms. The number of alkyl halides is 1. The number of rotatable bonds is 26. The maximum absolute atomic E-state index is 13.3. The van der Waals surface area contributed by atoms with Gasteiger partial charge in [0.05, 0.1) is 85.8 Å². The number of benzene rings is 6. The summed E-state index contributed by atoms with van der Waals surface area (Å²) in [7, 11) is 7.03. The number of carbonyl (C=O) groups is 1. The molecule has 0 saturated carbocycles. The number of nitro groups is 2. The van der Waals surface area contributed by atoms with Crippen molar-refractivity contribution in [3.05, 3.63) is 174 Å². The van der Waals surface area contributed by atoms with Gasteiger partial charge in [-0.1, -0.05) is 65.8 Å². The molecule has 4 saturated heterocycles. The number of aromatic carboxylic acids is 1. The summed E-state index contributed by atoms with van der Waals surface area (Å²) < 4.78 is 46.3. The highest BCUT2D eigenvalue weighted by molar-refractivity contribution is 14.1. The minimum Gasteiger partial charge on any atom is -0.495 e. The van der Waals surface area contributed by atoms with E-state index in [2.05, 4.69) is 64.0 Å². The lowest BCUT2D eigenvalue weighted by Crippen LogP contribution is -2.23. The highest BCUT2D eigenvalue weighted by atomic mass is 127. The van der Waals surface area contributed by atoms with E-state index in [1.54, 1.807) is 49.1 Å². The SMILES string of the molecule is CC.CI.CO.COc1cc(CCCCN2CCCC2)ccc1-n1c(C)nc2ccc(C)cc2c1=O.COc1cc(N)ccc1OCCCN1CCCC1.COc1cc([N+](=O)[O-])ccc1F.COc1cc([N+](=O)[O-])ccc1OCCCN1CCCC1.Cc1ccc(N)c(C(=O)O)c1.OCCCN1CCCC1. The lowest BCUT2D eigenvalue weighted by atomic mass is 10.1. The molecule has 0 amide bonds. The molecule has 25 nitrogen and oxygen atoms in total. The maximum Gasteiger partial charge on any atom is 0.337 e. The molecule has 0 spiro atoms. The Morgan fingerprint density at radius 1 is 0.547 bits per heavy atom. The van der Waals surface area contributed by atoms with E-state index >= 15 is 0 Å². The van der Waals surface area contributed by atoms with E-state index in [-0.39, 0.29) is 28.2 Å². The van der Waals surface area contributed by atoms with Crippen LogP contribution in [0.5, 0.6) is 34.5 Å². The van der Waals surface area contributed by atoms with Gasteiger partial charge in [0.1, 0.15) is 11.6 Å². The Morgan fingerprint density at radius 3 is 1.46 bits per heavy atom. The summed E-state index contributed by atoms with van der Waals surface area (Å²) in [5.74, 6) is 2.10. The largest absolute Gasteiger partial charge is 0.495 e. The van der Waals surface area contributed by atoms with Gasteiger partial charge in [-0.15, -0.1) is 0 Å². The van der Waals surface area contributed by atoms with Crippen molar-refractivity contribution >= 4 is 62.2 Å². The first-order chi connectivity index (χ1) is 51.2. The fraction of sp³-hybridized carbons (Fsp3) is 0.506. The molecule has 4 fully saturated rings. The Bertz CT molecular complexity index is 3750. The molecule has 6 aromatic carbocycles. The lowest BCUT2D eigenvalue weighted by molar-refractivity contribution is -0.385. The average molecular weight is 1590 g/mol. The topological polar surface area (TPSA) is 319 Å². The summed E-state index contributed by atoms with van der Waals surface area (Å²) in [6, 6.07) is 29.9. The van der Waals surface area contributed by atoms with Crippen LogP contribution in [0.15, 0.2) is 114 Å². The van der Waals surface area contributed by atoms with Gasteiger partial charge in [-0.05, 0) is 241 Å². The molecule has 7 aromatic rings. The van der Waals surface area contributed by atoms with E-state index in [0.29, 0.717) is 58.8 Å². The number of aliphatic hydroxyl groups excluding tert-OH is 2. The van der Waals surface area contributed by atoms with Gasteiger partial charge in [-0.25, -0.2) is 14.2 Å². The van der Waals surface area contributed by atoms with E-state index in [1.165, 1.54) is 149 Å². The number of likely N-dealkylation sites (tertiary alicyclic amines) is 4. The molecule has 7 N–H and O–H groups in total. The van der Waals surface area contributed by atoms with Crippen molar-refractivity contribution in [2.24, 2.45) is 0 Å². The van der Waals surface area contributed by atoms with Crippen molar-refractivity contribution in [3.63, 3.8) is 0 Å². The first kappa shape index (κ1) is 91.8. The van der Waals surface area contributed by atoms with Gasteiger partial charge in [-0.3, -0.25) is 29.6 Å². The maximum atomic E-state index is 13.3. The van der Waals surface area contributed by atoms with Crippen LogP contribution < -0.4 is 45.4 Å². The smallest absolute Gasteiger partial charge is 0.337 e. The molecule has 1 aromatic heterocycles. The molecule has 4 aliphatic rings. The molecule has 106 heavy (non-hydrogen) atoms. The number of aliphatic hydroxyl groups is 2. The standard InChI is InChI=1S/C25H31N3O2.C14H20N2O4.C14H22N2O2.C8H9NO2.C7H6FNO3.C7H15NO.C2H6.CH3I.CH4O/c1-18-9-11-22-21(16-18)25(29)28(19(2)26-22)23-12-10-20(17-24(23)30-3)8-4-5-13-27-14-6-7-15-27;1-19-14-11-12(16(17)18)5-6-13(14)20-10-4-9-15-7-2-3-8-15;1-17-14-11-12(15)5-6-13(14)18-10-4-9-16-7-2-3-8-16;1-5-2-3-7(9)6(4-5)8(10)11;1-12-7-4-5(9(10)11)2-3-6(7)8;9-7-3-6-8-4-1-2-5-8;3*1-2/h9-12,16-17H,4-8,13-15H2,1-3H3;5-6,11H,2-4,7-10H2,1H3;5-6,11H,2-4,7-10,15H2,1H3;2-4H,9H2,1H3,(H,10,11);2-4H,1H3;9H,1-7H2;1-2H3;1H3;2H,1H3. The molecule has 11 rings (SSSR count). The zero-order valence-electron chi connectivity index (χ0n) is 64.1. The number of hydrogen-bond donors (Lipinski definition) is 5. The molecule has 5 heterocycles. The summed E-state index contributed by atoms with van der Waals surface area (Å²) in [5, 5.41) is 45.6. The van der Waals surface area contributed by atoms with Crippen molar-refractivity contribution in [2.75, 3.05) is 150 Å². The number of nitrogens with two attached hydrogens (primary N) is 2. The average Bonchev–Trinajstić information content (AvgIpc) is 0.988. The summed E-state index contributed by atoms with van der Waals surface area (Å²) >= 11 is 2.15. The molecule has 0 bridgehead atoms. The number of methoxy groups -OCH3 is 4. The zero-order valence-corrected chi connectivity index (χ0v) is 66.3. The van der Waals surface area contributed by atoms with E-state index in [1.807, 2.05) is 75.9 Å². The van der Waals surface area contributed by atoms with E-state index in [4.69, 9.17) is 50.5 Å². The second kappa shape index (κ2) is 52.5. The quantitative estimate of drug-likeness (QED) is 0.00840. The number of ether oxygens (including phenoxy) is 6. The second-order valence-corrected chi connectivity index (χ2v) is 24.9.